The summed E-state index contributed by atoms with van der Waals surface area (Å²) in [6, 6.07) is 27.4. The summed E-state index contributed by atoms with van der Waals surface area (Å²) in [7, 11) is -3.85. The number of unbranched alkanes of at least 4 members (excludes halogenated alkanes) is 1. The molecule has 0 saturated heterocycles. The van der Waals surface area contributed by atoms with E-state index in [1.54, 1.807) is 12.4 Å². The summed E-state index contributed by atoms with van der Waals surface area (Å²) < 4.78 is 31.9. The van der Waals surface area contributed by atoms with E-state index in [0.29, 0.717) is 35.9 Å². The molecule has 2 aromatic heterocycles. The fourth-order valence-electron chi connectivity index (χ4n) is 5.13. The Balaban J connectivity index is 1.41. The Morgan fingerprint density at radius 1 is 0.837 bits per heavy atom. The molecule has 0 aliphatic heterocycles. The third-order valence-electron chi connectivity index (χ3n) is 7.56. The highest BCUT2D eigenvalue weighted by Crippen LogP contribution is 2.30. The molecule has 7 nitrogen and oxygen atoms in total. The van der Waals surface area contributed by atoms with Crippen molar-refractivity contribution < 1.29 is 8.42 Å². The molecule has 43 heavy (non-hydrogen) atoms. The van der Waals surface area contributed by atoms with Crippen LogP contribution in [0.5, 0.6) is 0 Å². The zero-order valence-electron chi connectivity index (χ0n) is 24.7. The fourth-order valence-corrected chi connectivity index (χ4v) is 6.95. The van der Waals surface area contributed by atoms with E-state index in [1.165, 1.54) is 9.87 Å². The van der Waals surface area contributed by atoms with Crippen LogP contribution in [-0.2, 0) is 29.5 Å². The molecule has 0 fully saturated rings. The molecule has 0 saturated carbocycles. The van der Waals surface area contributed by atoms with Crippen molar-refractivity contribution in [3.63, 3.8) is 0 Å². The van der Waals surface area contributed by atoms with Crippen molar-refractivity contribution in [2.75, 3.05) is 6.54 Å². The van der Waals surface area contributed by atoms with Crippen LogP contribution in [0.1, 0.15) is 46.7 Å². The van der Waals surface area contributed by atoms with Gasteiger partial charge in [-0.25, -0.2) is 8.42 Å². The second kappa shape index (κ2) is 13.6. The first kappa shape index (κ1) is 30.6. The molecular weight excluding hydrogens is 578 g/mol. The number of hydrogen-bond donors (Lipinski definition) is 0. The van der Waals surface area contributed by atoms with Crippen molar-refractivity contribution in [1.29, 1.82) is 0 Å². The van der Waals surface area contributed by atoms with E-state index in [1.807, 2.05) is 92.1 Å². The summed E-state index contributed by atoms with van der Waals surface area (Å²) in [6.45, 7) is 6.67. The van der Waals surface area contributed by atoms with Crippen molar-refractivity contribution in [1.82, 2.24) is 24.1 Å². The first-order valence-corrected chi connectivity index (χ1v) is 16.2. The Labute approximate surface area is 259 Å². The van der Waals surface area contributed by atoms with Crippen LogP contribution in [0.3, 0.4) is 0 Å². The molecule has 0 amide bonds. The third kappa shape index (κ3) is 7.57. The van der Waals surface area contributed by atoms with Gasteiger partial charge in [0.1, 0.15) is 12.2 Å². The predicted molar refractivity (Wildman–Crippen MR) is 171 cm³/mol. The highest BCUT2D eigenvalue weighted by molar-refractivity contribution is 7.89. The molecule has 0 spiro atoms. The lowest BCUT2D eigenvalue weighted by Gasteiger charge is -2.23. The second-order valence-electron chi connectivity index (χ2n) is 10.9. The van der Waals surface area contributed by atoms with Gasteiger partial charge < -0.3 is 4.57 Å². The van der Waals surface area contributed by atoms with Crippen molar-refractivity contribution in [3.8, 4) is 11.1 Å². The fraction of sp³-hybridized carbons (Fsp3) is 0.265. The van der Waals surface area contributed by atoms with Gasteiger partial charge in [-0.3, -0.25) is 4.98 Å². The highest BCUT2D eigenvalue weighted by atomic mass is 35.5. The average Bonchev–Trinajstić information content (AvgIpc) is 3.42. The second-order valence-corrected chi connectivity index (χ2v) is 13.2. The Hall–Kier alpha value is -3.85. The van der Waals surface area contributed by atoms with Gasteiger partial charge in [0.2, 0.25) is 10.0 Å². The van der Waals surface area contributed by atoms with Gasteiger partial charge in [0.25, 0.3) is 0 Å². The number of halogens is 1. The van der Waals surface area contributed by atoms with Crippen LogP contribution < -0.4 is 0 Å². The molecule has 222 valence electrons. The van der Waals surface area contributed by atoms with Gasteiger partial charge in [0, 0.05) is 17.3 Å². The van der Waals surface area contributed by atoms with Crippen LogP contribution in [0.2, 0.25) is 5.02 Å². The molecule has 0 aliphatic carbocycles. The lowest BCUT2D eigenvalue weighted by molar-refractivity contribution is 0.380. The molecule has 5 aromatic rings. The number of aryl methyl sites for hydroxylation is 4. The Morgan fingerprint density at radius 2 is 1.60 bits per heavy atom. The van der Waals surface area contributed by atoms with E-state index in [-0.39, 0.29) is 11.4 Å². The number of pyridine rings is 1. The molecule has 5 rings (SSSR count). The number of rotatable bonds is 12. The SMILES string of the molecule is Cc1cccc(Cn2cnnc2CN(CCCCc2ccccc2)S(=O)(=O)c2ccc(-c3ccc(C)c(Cl)c3)cc2C)n1. The summed E-state index contributed by atoms with van der Waals surface area (Å²) in [6.07, 6.45) is 4.09. The van der Waals surface area contributed by atoms with Crippen LogP contribution in [-0.4, -0.2) is 39.0 Å². The molecular formula is C34H36ClN5O2S. The van der Waals surface area contributed by atoms with Crippen molar-refractivity contribution in [2.45, 2.75) is 58.0 Å². The maximum Gasteiger partial charge on any atom is 0.243 e. The molecule has 0 aliphatic rings. The van der Waals surface area contributed by atoms with E-state index in [2.05, 4.69) is 27.3 Å². The molecule has 3 aromatic carbocycles. The van der Waals surface area contributed by atoms with Gasteiger partial charge in [-0.15, -0.1) is 10.2 Å². The summed E-state index contributed by atoms with van der Waals surface area (Å²) in [5.74, 6) is 0.568. The van der Waals surface area contributed by atoms with Gasteiger partial charge in [0.15, 0.2) is 0 Å². The minimum Gasteiger partial charge on any atom is -0.310 e. The predicted octanol–water partition coefficient (Wildman–Crippen LogP) is 7.18. The monoisotopic (exact) mass is 613 g/mol. The van der Waals surface area contributed by atoms with Crippen molar-refractivity contribution >= 4 is 21.6 Å². The normalized spacial score (nSPS) is 11.7. The Bertz CT molecular complexity index is 1810. The zero-order valence-corrected chi connectivity index (χ0v) is 26.3. The van der Waals surface area contributed by atoms with Gasteiger partial charge in [0.05, 0.1) is 23.7 Å². The van der Waals surface area contributed by atoms with E-state index >= 15 is 0 Å². The maximum atomic E-state index is 14.2. The molecule has 9 heteroatoms. The first-order valence-electron chi connectivity index (χ1n) is 14.4. The summed E-state index contributed by atoms with van der Waals surface area (Å²) in [5, 5.41) is 9.11. The van der Waals surface area contributed by atoms with E-state index in [0.717, 1.165) is 40.9 Å². The standard InChI is InChI=1S/C34H36ClN5O2S/c1-25-15-16-30(21-32(25)35)29-17-18-33(26(2)20-29)43(41,42)40(19-8-7-13-28-11-5-4-6-12-28)23-34-38-36-24-39(34)22-31-14-9-10-27(3)37-31/h4-6,9-12,14-18,20-21,24H,7-8,13,19,22-23H2,1-3H3. The number of sulfonamides is 1. The van der Waals surface area contributed by atoms with Crippen molar-refractivity contribution in [3.05, 3.63) is 130 Å². The summed E-state index contributed by atoms with van der Waals surface area (Å²) in [5.41, 5.74) is 6.55. The lowest BCUT2D eigenvalue weighted by Crippen LogP contribution is -2.33. The molecule has 0 radical (unpaired) electrons. The molecule has 0 atom stereocenters. The Morgan fingerprint density at radius 3 is 2.35 bits per heavy atom. The van der Waals surface area contributed by atoms with E-state index in [4.69, 9.17) is 11.6 Å². The Kier molecular flexibility index (Phi) is 9.70. The summed E-state index contributed by atoms with van der Waals surface area (Å²) >= 11 is 6.37. The van der Waals surface area contributed by atoms with Crippen LogP contribution in [0.15, 0.2) is 96.2 Å². The zero-order chi connectivity index (χ0) is 30.4. The molecule has 0 unspecified atom stereocenters. The van der Waals surface area contributed by atoms with Crippen LogP contribution >= 0.6 is 11.6 Å². The molecule has 0 N–H and O–H groups in total. The number of nitrogens with zero attached hydrogens (tertiary/aromatic N) is 5. The molecule has 0 bridgehead atoms. The largest absolute Gasteiger partial charge is 0.310 e. The highest BCUT2D eigenvalue weighted by Gasteiger charge is 2.28. The van der Waals surface area contributed by atoms with Crippen LogP contribution in [0.4, 0.5) is 0 Å². The van der Waals surface area contributed by atoms with Crippen LogP contribution in [0, 0.1) is 20.8 Å². The number of aromatic nitrogens is 4. The number of hydrogen-bond acceptors (Lipinski definition) is 5. The maximum absolute atomic E-state index is 14.2. The lowest BCUT2D eigenvalue weighted by atomic mass is 10.0. The first-order chi connectivity index (χ1) is 20.7. The van der Waals surface area contributed by atoms with E-state index < -0.39 is 10.0 Å². The number of benzene rings is 3. The van der Waals surface area contributed by atoms with Crippen molar-refractivity contribution in [2.24, 2.45) is 0 Å². The van der Waals surface area contributed by atoms with Crippen LogP contribution in [0.25, 0.3) is 11.1 Å². The van der Waals surface area contributed by atoms with Gasteiger partial charge in [-0.1, -0.05) is 72.3 Å². The van der Waals surface area contributed by atoms with E-state index in [9.17, 15) is 8.42 Å². The molecule has 2 heterocycles. The minimum absolute atomic E-state index is 0.105. The minimum atomic E-state index is -3.85. The smallest absolute Gasteiger partial charge is 0.243 e. The summed E-state index contributed by atoms with van der Waals surface area (Å²) in [4.78, 5) is 4.87. The van der Waals surface area contributed by atoms with Gasteiger partial charge >= 0.3 is 0 Å². The quantitative estimate of drug-likeness (QED) is 0.139. The topological polar surface area (TPSA) is 81.0 Å². The van der Waals surface area contributed by atoms with Gasteiger partial charge in [-0.05, 0) is 92.1 Å². The van der Waals surface area contributed by atoms with Gasteiger partial charge in [-0.2, -0.15) is 4.31 Å². The average molecular weight is 614 g/mol. The third-order valence-corrected chi connectivity index (χ3v) is 9.97.